The number of anilines is 1. The Hall–Kier alpha value is -0.720. The number of hydrogen-bond donors (Lipinski definition) is 2. The van der Waals surface area contributed by atoms with Crippen LogP contribution in [0.25, 0.3) is 0 Å². The van der Waals surface area contributed by atoms with Gasteiger partial charge in [-0.1, -0.05) is 30.2 Å². The molecule has 0 unspecified atom stereocenters. The van der Waals surface area contributed by atoms with Gasteiger partial charge in [-0.15, -0.1) is 5.10 Å². The van der Waals surface area contributed by atoms with Crippen molar-refractivity contribution in [3.05, 3.63) is 5.69 Å². The number of nitrogens with two attached hydrogens (primary N) is 1. The minimum Gasteiger partial charge on any atom is -0.372 e. The summed E-state index contributed by atoms with van der Waals surface area (Å²) in [5.41, 5.74) is 3.41. The van der Waals surface area contributed by atoms with Crippen molar-refractivity contribution < 1.29 is 4.74 Å². The third kappa shape index (κ3) is 3.13. The molecule has 0 amide bonds. The minimum absolute atomic E-state index is 0.384. The summed E-state index contributed by atoms with van der Waals surface area (Å²) < 4.78 is 9.70. The van der Waals surface area contributed by atoms with E-state index in [2.05, 4.69) is 15.0 Å². The molecule has 0 aromatic carbocycles. The number of hydrogen-bond acceptors (Lipinski definition) is 6. The van der Waals surface area contributed by atoms with Gasteiger partial charge in [0.1, 0.15) is 10.7 Å². The van der Waals surface area contributed by atoms with Crippen LogP contribution in [0.4, 0.5) is 5.00 Å². The summed E-state index contributed by atoms with van der Waals surface area (Å²) in [6, 6.07) is 0. The van der Waals surface area contributed by atoms with Crippen LogP contribution in [0.3, 0.4) is 0 Å². The first kappa shape index (κ1) is 11.8. The molecule has 0 radical (unpaired) electrons. The Balaban J connectivity index is 1.81. The molecule has 1 heterocycles. The SMILES string of the molecule is NNc1snnc1COC1CCCCCC1. The highest BCUT2D eigenvalue weighted by Gasteiger charge is 2.14. The van der Waals surface area contributed by atoms with Crippen molar-refractivity contribution in [2.45, 2.75) is 51.2 Å². The molecule has 1 saturated carbocycles. The Labute approximate surface area is 99.5 Å². The summed E-state index contributed by atoms with van der Waals surface area (Å²) >= 11 is 1.26. The molecule has 0 atom stereocenters. The highest BCUT2D eigenvalue weighted by molar-refractivity contribution is 7.10. The van der Waals surface area contributed by atoms with E-state index in [9.17, 15) is 0 Å². The van der Waals surface area contributed by atoms with Gasteiger partial charge in [-0.25, -0.2) is 5.84 Å². The molecule has 1 aliphatic rings. The lowest BCUT2D eigenvalue weighted by Crippen LogP contribution is -2.13. The first-order valence-corrected chi connectivity index (χ1v) is 6.57. The molecular formula is C10H18N4OS. The first-order valence-electron chi connectivity index (χ1n) is 5.79. The topological polar surface area (TPSA) is 73.1 Å². The molecule has 90 valence electrons. The van der Waals surface area contributed by atoms with E-state index in [0.717, 1.165) is 10.7 Å². The second-order valence-corrected chi connectivity index (χ2v) is 4.87. The molecule has 1 aromatic rings. The van der Waals surface area contributed by atoms with E-state index in [1.54, 1.807) is 0 Å². The minimum atomic E-state index is 0.384. The van der Waals surface area contributed by atoms with Gasteiger partial charge in [-0.3, -0.25) is 0 Å². The Kier molecular flexibility index (Phi) is 4.50. The molecule has 3 N–H and O–H groups in total. The summed E-state index contributed by atoms with van der Waals surface area (Å²) in [7, 11) is 0. The quantitative estimate of drug-likeness (QED) is 0.480. The van der Waals surface area contributed by atoms with E-state index in [4.69, 9.17) is 10.6 Å². The fourth-order valence-electron chi connectivity index (χ4n) is 2.02. The molecule has 0 saturated heterocycles. The second kappa shape index (κ2) is 6.12. The van der Waals surface area contributed by atoms with E-state index in [1.165, 1.54) is 50.1 Å². The summed E-state index contributed by atoms with van der Waals surface area (Å²) in [6.07, 6.45) is 7.96. The third-order valence-corrected chi connectivity index (χ3v) is 3.64. The maximum absolute atomic E-state index is 5.86. The van der Waals surface area contributed by atoms with E-state index in [1.807, 2.05) is 0 Å². The second-order valence-electron chi connectivity index (χ2n) is 4.12. The van der Waals surface area contributed by atoms with Gasteiger partial charge < -0.3 is 10.2 Å². The molecule has 2 rings (SSSR count). The van der Waals surface area contributed by atoms with Crippen LogP contribution in [0, 0.1) is 0 Å². The van der Waals surface area contributed by atoms with Crippen LogP contribution in [0.1, 0.15) is 44.2 Å². The molecule has 0 spiro atoms. The zero-order chi connectivity index (χ0) is 11.2. The monoisotopic (exact) mass is 242 g/mol. The summed E-state index contributed by atoms with van der Waals surface area (Å²) in [5.74, 6) is 5.35. The van der Waals surface area contributed by atoms with Gasteiger partial charge >= 0.3 is 0 Å². The Bertz CT molecular complexity index is 310. The van der Waals surface area contributed by atoms with Crippen molar-refractivity contribution in [1.82, 2.24) is 9.59 Å². The lowest BCUT2D eigenvalue weighted by molar-refractivity contribution is 0.0295. The Morgan fingerprint density at radius 1 is 1.31 bits per heavy atom. The van der Waals surface area contributed by atoms with Crippen molar-refractivity contribution in [3.63, 3.8) is 0 Å². The summed E-state index contributed by atoms with van der Waals surface area (Å²) in [4.78, 5) is 0. The van der Waals surface area contributed by atoms with Crippen LogP contribution in [-0.2, 0) is 11.3 Å². The average molecular weight is 242 g/mol. The van der Waals surface area contributed by atoms with Crippen LogP contribution in [0.15, 0.2) is 0 Å². The van der Waals surface area contributed by atoms with Crippen LogP contribution < -0.4 is 11.3 Å². The van der Waals surface area contributed by atoms with E-state index in [0.29, 0.717) is 12.7 Å². The van der Waals surface area contributed by atoms with Crippen molar-refractivity contribution >= 4 is 16.5 Å². The van der Waals surface area contributed by atoms with Crippen LogP contribution in [0.2, 0.25) is 0 Å². The highest BCUT2D eigenvalue weighted by Crippen LogP contribution is 2.22. The molecule has 5 nitrogen and oxygen atoms in total. The van der Waals surface area contributed by atoms with Gasteiger partial charge in [0.05, 0.1) is 12.7 Å². The number of nitrogens with zero attached hydrogens (tertiary/aromatic N) is 2. The summed E-state index contributed by atoms with van der Waals surface area (Å²) in [6.45, 7) is 0.515. The maximum Gasteiger partial charge on any atom is 0.149 e. The van der Waals surface area contributed by atoms with Gasteiger partial charge in [0.2, 0.25) is 0 Å². The van der Waals surface area contributed by atoms with E-state index < -0.39 is 0 Å². The molecule has 1 fully saturated rings. The Morgan fingerprint density at radius 3 is 2.75 bits per heavy atom. The number of nitrogens with one attached hydrogen (secondary N) is 1. The van der Waals surface area contributed by atoms with Gasteiger partial charge in [-0.2, -0.15) is 0 Å². The zero-order valence-electron chi connectivity index (χ0n) is 9.32. The Morgan fingerprint density at radius 2 is 2.06 bits per heavy atom. The fraction of sp³-hybridized carbons (Fsp3) is 0.800. The normalized spacial score (nSPS) is 18.3. The average Bonchev–Trinajstić information content (AvgIpc) is 2.60. The van der Waals surface area contributed by atoms with Gasteiger partial charge in [0.15, 0.2) is 0 Å². The molecular weight excluding hydrogens is 224 g/mol. The van der Waals surface area contributed by atoms with Gasteiger partial charge in [0, 0.05) is 11.5 Å². The molecule has 16 heavy (non-hydrogen) atoms. The maximum atomic E-state index is 5.86. The lowest BCUT2D eigenvalue weighted by Gasteiger charge is -2.14. The lowest BCUT2D eigenvalue weighted by atomic mass is 10.1. The predicted molar refractivity (Wildman–Crippen MR) is 64.0 cm³/mol. The smallest absolute Gasteiger partial charge is 0.149 e. The van der Waals surface area contributed by atoms with Crippen molar-refractivity contribution in [2.24, 2.45) is 5.84 Å². The fourth-order valence-corrected chi connectivity index (χ4v) is 2.50. The van der Waals surface area contributed by atoms with Crippen molar-refractivity contribution in [3.8, 4) is 0 Å². The van der Waals surface area contributed by atoms with Crippen LogP contribution in [0.5, 0.6) is 0 Å². The number of hydrazine groups is 1. The zero-order valence-corrected chi connectivity index (χ0v) is 10.1. The number of rotatable bonds is 4. The van der Waals surface area contributed by atoms with E-state index >= 15 is 0 Å². The van der Waals surface area contributed by atoms with Gasteiger partial charge in [-0.05, 0) is 12.8 Å². The third-order valence-electron chi connectivity index (χ3n) is 2.94. The number of aromatic nitrogens is 2. The molecule has 0 bridgehead atoms. The molecule has 1 aliphatic carbocycles. The first-order chi connectivity index (χ1) is 7.90. The van der Waals surface area contributed by atoms with Gasteiger partial charge in [0.25, 0.3) is 0 Å². The highest BCUT2D eigenvalue weighted by atomic mass is 32.1. The summed E-state index contributed by atoms with van der Waals surface area (Å²) in [5, 5.41) is 4.80. The van der Waals surface area contributed by atoms with Crippen molar-refractivity contribution in [1.29, 1.82) is 0 Å². The van der Waals surface area contributed by atoms with Crippen LogP contribution >= 0.6 is 11.5 Å². The molecule has 0 aliphatic heterocycles. The standard InChI is InChI=1S/C10H18N4OS/c11-12-10-9(13-14-16-10)7-15-8-5-3-1-2-4-6-8/h8,12H,1-7,11H2. The van der Waals surface area contributed by atoms with E-state index in [-0.39, 0.29) is 0 Å². The van der Waals surface area contributed by atoms with Crippen molar-refractivity contribution in [2.75, 3.05) is 5.43 Å². The predicted octanol–water partition coefficient (Wildman–Crippen LogP) is 2.06. The molecule has 1 aromatic heterocycles. The number of ether oxygens (including phenoxy) is 1. The van der Waals surface area contributed by atoms with Crippen LogP contribution in [-0.4, -0.2) is 15.7 Å². The largest absolute Gasteiger partial charge is 0.372 e. The molecule has 6 heteroatoms. The number of nitrogen functional groups attached to an aromatic ring is 1.